The van der Waals surface area contributed by atoms with Gasteiger partial charge in [-0.1, -0.05) is 13.3 Å². The average Bonchev–Trinajstić information content (AvgIpc) is 2.73. The largest absolute Gasteiger partial charge is 0.335 e. The van der Waals surface area contributed by atoms with Crippen LogP contribution < -0.4 is 0 Å². The standard InChI is InChI=1S/C15H25N3/c1-12-6-8-18-11-13(16-15(18)9-12)10-14-5-3-4-7-17(14)2/h11-12,14H,3-10H2,1-2H3. The van der Waals surface area contributed by atoms with E-state index in [1.807, 2.05) is 0 Å². The van der Waals surface area contributed by atoms with Crippen molar-refractivity contribution >= 4 is 0 Å². The molecule has 0 N–H and O–H groups in total. The van der Waals surface area contributed by atoms with Crippen molar-refractivity contribution in [2.45, 2.75) is 58.0 Å². The van der Waals surface area contributed by atoms with Gasteiger partial charge in [-0.05, 0) is 38.8 Å². The quantitative estimate of drug-likeness (QED) is 0.800. The second-order valence-electron chi connectivity index (χ2n) is 6.27. The lowest BCUT2D eigenvalue weighted by Crippen LogP contribution is -2.37. The van der Waals surface area contributed by atoms with Crippen LogP contribution in [0.4, 0.5) is 0 Å². The number of hydrogen-bond donors (Lipinski definition) is 0. The van der Waals surface area contributed by atoms with Gasteiger partial charge in [-0.15, -0.1) is 0 Å². The molecule has 0 amide bonds. The molecule has 0 saturated carbocycles. The SMILES string of the molecule is CC1CCn2cc(CC3CCCCN3C)nc2C1. The van der Waals surface area contributed by atoms with Crippen molar-refractivity contribution in [2.24, 2.45) is 5.92 Å². The monoisotopic (exact) mass is 247 g/mol. The molecule has 0 bridgehead atoms. The zero-order chi connectivity index (χ0) is 12.5. The molecule has 18 heavy (non-hydrogen) atoms. The van der Waals surface area contributed by atoms with E-state index >= 15 is 0 Å². The number of likely N-dealkylation sites (N-methyl/N-ethyl adjacent to an activating group) is 1. The topological polar surface area (TPSA) is 21.1 Å². The first-order valence-electron chi connectivity index (χ1n) is 7.47. The van der Waals surface area contributed by atoms with Crippen molar-refractivity contribution in [3.05, 3.63) is 17.7 Å². The lowest BCUT2D eigenvalue weighted by atomic mass is 9.99. The molecule has 1 aromatic heterocycles. The number of aryl methyl sites for hydroxylation is 1. The van der Waals surface area contributed by atoms with Crippen molar-refractivity contribution in [3.63, 3.8) is 0 Å². The van der Waals surface area contributed by atoms with Crippen LogP contribution in [0.25, 0.3) is 0 Å². The lowest BCUT2D eigenvalue weighted by Gasteiger charge is -2.31. The van der Waals surface area contributed by atoms with Gasteiger partial charge < -0.3 is 9.47 Å². The lowest BCUT2D eigenvalue weighted by molar-refractivity contribution is 0.184. The number of hydrogen-bond acceptors (Lipinski definition) is 2. The molecule has 2 aliphatic heterocycles. The Hall–Kier alpha value is -0.830. The van der Waals surface area contributed by atoms with Gasteiger partial charge in [0, 0.05) is 31.6 Å². The molecule has 1 saturated heterocycles. The van der Waals surface area contributed by atoms with Crippen LogP contribution in [-0.4, -0.2) is 34.1 Å². The fourth-order valence-electron chi connectivity index (χ4n) is 3.38. The molecule has 0 aliphatic carbocycles. The van der Waals surface area contributed by atoms with E-state index in [4.69, 9.17) is 4.98 Å². The minimum absolute atomic E-state index is 0.716. The number of imidazole rings is 1. The molecule has 0 aromatic carbocycles. The number of nitrogens with zero attached hydrogens (tertiary/aromatic N) is 3. The van der Waals surface area contributed by atoms with E-state index in [9.17, 15) is 0 Å². The molecule has 2 unspecified atom stereocenters. The van der Waals surface area contributed by atoms with Crippen LogP contribution in [0.15, 0.2) is 6.20 Å². The first kappa shape index (κ1) is 12.2. The van der Waals surface area contributed by atoms with Gasteiger partial charge in [-0.3, -0.25) is 0 Å². The van der Waals surface area contributed by atoms with E-state index in [-0.39, 0.29) is 0 Å². The Balaban J connectivity index is 1.69. The van der Waals surface area contributed by atoms with Gasteiger partial charge in [0.1, 0.15) is 5.82 Å². The van der Waals surface area contributed by atoms with Crippen LogP contribution in [0.2, 0.25) is 0 Å². The number of fused-ring (bicyclic) bond motifs is 1. The Morgan fingerprint density at radius 1 is 1.28 bits per heavy atom. The van der Waals surface area contributed by atoms with Crippen molar-refractivity contribution < 1.29 is 0 Å². The zero-order valence-electron chi connectivity index (χ0n) is 11.7. The second-order valence-corrected chi connectivity index (χ2v) is 6.27. The second kappa shape index (κ2) is 5.04. The highest BCUT2D eigenvalue weighted by molar-refractivity contribution is 5.08. The van der Waals surface area contributed by atoms with Crippen LogP contribution in [0.1, 0.15) is 44.1 Å². The third-order valence-corrected chi connectivity index (χ3v) is 4.67. The van der Waals surface area contributed by atoms with Crippen LogP contribution in [0, 0.1) is 5.92 Å². The number of rotatable bonds is 2. The van der Waals surface area contributed by atoms with E-state index < -0.39 is 0 Å². The highest BCUT2D eigenvalue weighted by Gasteiger charge is 2.22. The molecule has 3 heteroatoms. The van der Waals surface area contributed by atoms with Crippen LogP contribution in [-0.2, 0) is 19.4 Å². The summed E-state index contributed by atoms with van der Waals surface area (Å²) in [6.07, 6.45) is 10.0. The maximum Gasteiger partial charge on any atom is 0.109 e. The molecule has 1 aromatic rings. The summed E-state index contributed by atoms with van der Waals surface area (Å²) >= 11 is 0. The number of aromatic nitrogens is 2. The summed E-state index contributed by atoms with van der Waals surface area (Å²) in [4.78, 5) is 7.38. The predicted molar refractivity (Wildman–Crippen MR) is 73.7 cm³/mol. The van der Waals surface area contributed by atoms with Gasteiger partial charge in [0.25, 0.3) is 0 Å². The Labute approximate surface area is 110 Å². The summed E-state index contributed by atoms with van der Waals surface area (Å²) in [6, 6.07) is 0.716. The van der Waals surface area contributed by atoms with E-state index in [1.165, 1.54) is 56.7 Å². The third kappa shape index (κ3) is 2.46. The van der Waals surface area contributed by atoms with Crippen LogP contribution in [0.3, 0.4) is 0 Å². The zero-order valence-corrected chi connectivity index (χ0v) is 11.7. The van der Waals surface area contributed by atoms with Crippen molar-refractivity contribution in [2.75, 3.05) is 13.6 Å². The Morgan fingerprint density at radius 3 is 3.00 bits per heavy atom. The Morgan fingerprint density at radius 2 is 2.17 bits per heavy atom. The minimum atomic E-state index is 0.716. The van der Waals surface area contributed by atoms with Gasteiger partial charge in [0.2, 0.25) is 0 Å². The first-order valence-corrected chi connectivity index (χ1v) is 7.47. The third-order valence-electron chi connectivity index (χ3n) is 4.67. The van der Waals surface area contributed by atoms with Gasteiger partial charge in [-0.2, -0.15) is 0 Å². The van der Waals surface area contributed by atoms with E-state index in [0.717, 1.165) is 12.3 Å². The fourth-order valence-corrected chi connectivity index (χ4v) is 3.38. The van der Waals surface area contributed by atoms with Gasteiger partial charge in [-0.25, -0.2) is 4.98 Å². The Bertz CT molecular complexity index is 410. The molecule has 3 nitrogen and oxygen atoms in total. The molecule has 2 atom stereocenters. The molecule has 0 radical (unpaired) electrons. The molecular formula is C15H25N3. The van der Waals surface area contributed by atoms with Crippen LogP contribution in [0.5, 0.6) is 0 Å². The van der Waals surface area contributed by atoms with Crippen molar-refractivity contribution in [1.29, 1.82) is 0 Å². The molecule has 0 spiro atoms. The minimum Gasteiger partial charge on any atom is -0.335 e. The maximum atomic E-state index is 4.87. The first-order chi connectivity index (χ1) is 8.72. The predicted octanol–water partition coefficient (Wildman–Crippen LogP) is 2.49. The summed E-state index contributed by atoms with van der Waals surface area (Å²) < 4.78 is 2.39. The molecule has 3 rings (SSSR count). The van der Waals surface area contributed by atoms with E-state index in [0.29, 0.717) is 6.04 Å². The summed E-state index contributed by atoms with van der Waals surface area (Å²) in [6.45, 7) is 4.77. The Kier molecular flexibility index (Phi) is 3.42. The summed E-state index contributed by atoms with van der Waals surface area (Å²) in [7, 11) is 2.27. The maximum absolute atomic E-state index is 4.87. The summed E-state index contributed by atoms with van der Waals surface area (Å²) in [5, 5.41) is 0. The van der Waals surface area contributed by atoms with Crippen molar-refractivity contribution in [3.8, 4) is 0 Å². The van der Waals surface area contributed by atoms with Crippen molar-refractivity contribution in [1.82, 2.24) is 14.5 Å². The van der Waals surface area contributed by atoms with Crippen LogP contribution >= 0.6 is 0 Å². The summed E-state index contributed by atoms with van der Waals surface area (Å²) in [5.74, 6) is 2.13. The molecular weight excluding hydrogens is 222 g/mol. The van der Waals surface area contributed by atoms with E-state index in [1.54, 1.807) is 0 Å². The highest BCUT2D eigenvalue weighted by Crippen LogP contribution is 2.22. The van der Waals surface area contributed by atoms with Gasteiger partial charge >= 0.3 is 0 Å². The smallest absolute Gasteiger partial charge is 0.109 e. The number of piperidine rings is 1. The summed E-state index contributed by atoms with van der Waals surface area (Å²) in [5.41, 5.74) is 1.32. The normalized spacial score (nSPS) is 29.2. The highest BCUT2D eigenvalue weighted by atomic mass is 15.1. The van der Waals surface area contributed by atoms with Gasteiger partial charge in [0.05, 0.1) is 5.69 Å². The molecule has 3 heterocycles. The molecule has 1 fully saturated rings. The molecule has 100 valence electrons. The average molecular weight is 247 g/mol. The van der Waals surface area contributed by atoms with Gasteiger partial charge in [0.15, 0.2) is 0 Å². The fraction of sp³-hybridized carbons (Fsp3) is 0.800. The van der Waals surface area contributed by atoms with E-state index in [2.05, 4.69) is 29.6 Å². The molecule has 2 aliphatic rings. The number of likely N-dealkylation sites (tertiary alicyclic amines) is 1.